The summed E-state index contributed by atoms with van der Waals surface area (Å²) < 4.78 is 0. The van der Waals surface area contributed by atoms with Gasteiger partial charge in [-0.2, -0.15) is 0 Å². The van der Waals surface area contributed by atoms with E-state index >= 15 is 0 Å². The quantitative estimate of drug-likeness (QED) is 0.901. The fourth-order valence-corrected chi connectivity index (χ4v) is 3.78. The van der Waals surface area contributed by atoms with Gasteiger partial charge in [0.1, 0.15) is 0 Å². The minimum absolute atomic E-state index is 0.194. The number of hydrogen-bond acceptors (Lipinski definition) is 3. The highest BCUT2D eigenvalue weighted by Gasteiger charge is 2.29. The maximum Gasteiger partial charge on any atom is 0.223 e. The lowest BCUT2D eigenvalue weighted by molar-refractivity contribution is -0.134. The molecule has 2 unspecified atom stereocenters. The number of nitrogens with zero attached hydrogens (tertiary/aromatic N) is 1. The van der Waals surface area contributed by atoms with Crippen LogP contribution in [0.1, 0.15) is 56.0 Å². The SMILES string of the molecule is CCC1c2ccsc2CCN1C(=O)CCCC(C)N. The molecule has 2 heterocycles. The van der Waals surface area contributed by atoms with Gasteiger partial charge in [0.2, 0.25) is 5.91 Å². The number of fused-ring (bicyclic) bond motifs is 1. The summed E-state index contributed by atoms with van der Waals surface area (Å²) in [7, 11) is 0. The van der Waals surface area contributed by atoms with E-state index in [-0.39, 0.29) is 12.1 Å². The smallest absolute Gasteiger partial charge is 0.223 e. The normalized spacial score (nSPS) is 20.2. The lowest BCUT2D eigenvalue weighted by Crippen LogP contribution is -2.39. The van der Waals surface area contributed by atoms with Crippen LogP contribution in [0, 0.1) is 0 Å². The van der Waals surface area contributed by atoms with Gasteiger partial charge in [-0.1, -0.05) is 6.92 Å². The van der Waals surface area contributed by atoms with Crippen LogP contribution in [0.5, 0.6) is 0 Å². The standard InChI is InChI=1S/C15H24N2OS/c1-3-13-12-8-10-19-14(12)7-9-17(13)15(18)6-4-5-11(2)16/h8,10-11,13H,3-7,9,16H2,1-2H3. The number of thiophene rings is 1. The van der Waals surface area contributed by atoms with E-state index in [4.69, 9.17) is 5.73 Å². The van der Waals surface area contributed by atoms with E-state index in [9.17, 15) is 4.79 Å². The van der Waals surface area contributed by atoms with Crippen molar-refractivity contribution in [1.29, 1.82) is 0 Å². The first-order chi connectivity index (χ1) is 9.13. The van der Waals surface area contributed by atoms with Crippen LogP contribution in [0.3, 0.4) is 0 Å². The van der Waals surface area contributed by atoms with Crippen molar-refractivity contribution in [3.63, 3.8) is 0 Å². The van der Waals surface area contributed by atoms with E-state index in [2.05, 4.69) is 23.3 Å². The van der Waals surface area contributed by atoms with E-state index in [1.165, 1.54) is 10.4 Å². The van der Waals surface area contributed by atoms with Crippen LogP contribution < -0.4 is 5.73 Å². The molecule has 2 N–H and O–H groups in total. The average Bonchev–Trinajstić information content (AvgIpc) is 2.85. The highest BCUT2D eigenvalue weighted by molar-refractivity contribution is 7.10. The van der Waals surface area contributed by atoms with Crippen molar-refractivity contribution in [3.05, 3.63) is 21.9 Å². The molecule has 1 amide bonds. The zero-order valence-electron chi connectivity index (χ0n) is 11.9. The van der Waals surface area contributed by atoms with E-state index in [1.54, 1.807) is 0 Å². The molecule has 2 atom stereocenters. The maximum atomic E-state index is 12.4. The topological polar surface area (TPSA) is 46.3 Å². The Morgan fingerprint density at radius 2 is 2.42 bits per heavy atom. The number of carbonyl (C=O) groups excluding carboxylic acids is 1. The van der Waals surface area contributed by atoms with Crippen molar-refractivity contribution in [2.75, 3.05) is 6.54 Å². The molecule has 1 aromatic rings. The molecule has 4 heteroatoms. The molecular formula is C15H24N2OS. The van der Waals surface area contributed by atoms with Crippen LogP contribution in [0.4, 0.5) is 0 Å². The molecular weight excluding hydrogens is 256 g/mol. The molecule has 0 saturated heterocycles. The van der Waals surface area contributed by atoms with Crippen molar-refractivity contribution >= 4 is 17.2 Å². The molecule has 2 rings (SSSR count). The van der Waals surface area contributed by atoms with Crippen LogP contribution in [0.2, 0.25) is 0 Å². The molecule has 0 fully saturated rings. The van der Waals surface area contributed by atoms with Crippen LogP contribution >= 0.6 is 11.3 Å². The second-order valence-corrected chi connectivity index (χ2v) is 6.43. The minimum atomic E-state index is 0.194. The van der Waals surface area contributed by atoms with Gasteiger partial charge in [0.25, 0.3) is 0 Å². The monoisotopic (exact) mass is 280 g/mol. The third-order valence-corrected chi connectivity index (χ3v) is 4.85. The van der Waals surface area contributed by atoms with Crippen molar-refractivity contribution in [1.82, 2.24) is 4.90 Å². The van der Waals surface area contributed by atoms with Gasteiger partial charge in [-0.05, 0) is 49.6 Å². The van der Waals surface area contributed by atoms with Crippen molar-refractivity contribution in [2.24, 2.45) is 5.73 Å². The molecule has 0 spiro atoms. The summed E-state index contributed by atoms with van der Waals surface area (Å²) in [5.41, 5.74) is 7.11. The number of nitrogens with two attached hydrogens (primary N) is 1. The molecule has 0 saturated carbocycles. The van der Waals surface area contributed by atoms with Gasteiger partial charge in [-0.15, -0.1) is 11.3 Å². The lowest BCUT2D eigenvalue weighted by atomic mass is 9.97. The molecule has 1 aliphatic rings. The van der Waals surface area contributed by atoms with E-state index in [1.807, 2.05) is 18.3 Å². The van der Waals surface area contributed by atoms with Gasteiger partial charge in [0.05, 0.1) is 6.04 Å². The van der Waals surface area contributed by atoms with Gasteiger partial charge in [-0.3, -0.25) is 4.79 Å². The fourth-order valence-electron chi connectivity index (χ4n) is 2.85. The van der Waals surface area contributed by atoms with Crippen molar-refractivity contribution in [3.8, 4) is 0 Å². The Morgan fingerprint density at radius 1 is 1.63 bits per heavy atom. The highest BCUT2D eigenvalue weighted by atomic mass is 32.1. The summed E-state index contributed by atoms with van der Waals surface area (Å²) in [4.78, 5) is 15.9. The van der Waals surface area contributed by atoms with Crippen LogP contribution in [0.15, 0.2) is 11.4 Å². The van der Waals surface area contributed by atoms with Crippen LogP contribution in [-0.4, -0.2) is 23.4 Å². The Bertz CT molecular complexity index is 428. The zero-order chi connectivity index (χ0) is 13.8. The van der Waals surface area contributed by atoms with E-state index < -0.39 is 0 Å². The first kappa shape index (κ1) is 14.5. The summed E-state index contributed by atoms with van der Waals surface area (Å²) in [5.74, 6) is 0.296. The molecule has 0 radical (unpaired) electrons. The third-order valence-electron chi connectivity index (χ3n) is 3.85. The fraction of sp³-hybridized carbons (Fsp3) is 0.667. The number of carbonyl (C=O) groups is 1. The van der Waals surface area contributed by atoms with Gasteiger partial charge >= 0.3 is 0 Å². The second-order valence-electron chi connectivity index (χ2n) is 5.43. The Hall–Kier alpha value is -0.870. The van der Waals surface area contributed by atoms with E-state index in [0.717, 1.165) is 32.2 Å². The van der Waals surface area contributed by atoms with Crippen LogP contribution in [-0.2, 0) is 11.2 Å². The third kappa shape index (κ3) is 3.37. The Kier molecular flexibility index (Phi) is 4.99. The molecule has 0 aromatic carbocycles. The average molecular weight is 280 g/mol. The zero-order valence-corrected chi connectivity index (χ0v) is 12.7. The largest absolute Gasteiger partial charge is 0.335 e. The summed E-state index contributed by atoms with van der Waals surface area (Å²) in [6, 6.07) is 2.67. The molecule has 3 nitrogen and oxygen atoms in total. The van der Waals surface area contributed by atoms with Crippen LogP contribution in [0.25, 0.3) is 0 Å². The highest BCUT2D eigenvalue weighted by Crippen LogP contribution is 2.35. The van der Waals surface area contributed by atoms with Gasteiger partial charge < -0.3 is 10.6 Å². The molecule has 106 valence electrons. The van der Waals surface area contributed by atoms with Gasteiger partial charge in [0.15, 0.2) is 0 Å². The summed E-state index contributed by atoms with van der Waals surface area (Å²) in [6.45, 7) is 5.04. The number of rotatable bonds is 5. The Balaban J connectivity index is 1.98. The predicted molar refractivity (Wildman–Crippen MR) is 80.3 cm³/mol. The van der Waals surface area contributed by atoms with Gasteiger partial charge in [0, 0.05) is 23.9 Å². The summed E-state index contributed by atoms with van der Waals surface area (Å²) in [5, 5.41) is 2.15. The molecule has 1 aliphatic heterocycles. The van der Waals surface area contributed by atoms with E-state index in [0.29, 0.717) is 12.3 Å². The second kappa shape index (κ2) is 6.53. The Morgan fingerprint density at radius 3 is 3.11 bits per heavy atom. The molecule has 1 aromatic heterocycles. The summed E-state index contributed by atoms with van der Waals surface area (Å²) >= 11 is 1.83. The predicted octanol–water partition coefficient (Wildman–Crippen LogP) is 3.10. The number of amides is 1. The first-order valence-corrected chi connectivity index (χ1v) is 8.12. The molecule has 19 heavy (non-hydrogen) atoms. The molecule has 0 aliphatic carbocycles. The maximum absolute atomic E-state index is 12.4. The molecule has 0 bridgehead atoms. The first-order valence-electron chi connectivity index (χ1n) is 7.24. The van der Waals surface area contributed by atoms with Gasteiger partial charge in [-0.25, -0.2) is 0 Å². The lowest BCUT2D eigenvalue weighted by Gasteiger charge is -2.35. The van der Waals surface area contributed by atoms with Crippen molar-refractivity contribution < 1.29 is 4.79 Å². The number of hydrogen-bond donors (Lipinski definition) is 1. The minimum Gasteiger partial charge on any atom is -0.335 e. The van der Waals surface area contributed by atoms with Crippen molar-refractivity contribution in [2.45, 2.75) is 58.0 Å². The Labute approximate surface area is 119 Å². The summed E-state index contributed by atoms with van der Waals surface area (Å²) in [6.07, 6.45) is 4.49.